The number of phenols is 2. The van der Waals surface area contributed by atoms with Gasteiger partial charge in [0.05, 0.1) is 5.69 Å². The van der Waals surface area contributed by atoms with Gasteiger partial charge in [0.15, 0.2) is 11.5 Å². The van der Waals surface area contributed by atoms with Gasteiger partial charge >= 0.3 is 0 Å². The molecule has 0 aliphatic heterocycles. The highest BCUT2D eigenvalue weighted by Gasteiger charge is 2.04. The molecular formula is C14H13NO2. The molecule has 17 heavy (non-hydrogen) atoms. The molecule has 0 unspecified atom stereocenters. The van der Waals surface area contributed by atoms with Crippen molar-refractivity contribution in [2.45, 2.75) is 0 Å². The summed E-state index contributed by atoms with van der Waals surface area (Å²) >= 11 is 0. The van der Waals surface area contributed by atoms with Crippen molar-refractivity contribution in [2.75, 3.05) is 5.73 Å². The van der Waals surface area contributed by atoms with Crippen molar-refractivity contribution < 1.29 is 10.2 Å². The van der Waals surface area contributed by atoms with Gasteiger partial charge in [0.2, 0.25) is 0 Å². The van der Waals surface area contributed by atoms with Crippen molar-refractivity contribution >= 4 is 17.8 Å². The van der Waals surface area contributed by atoms with E-state index in [2.05, 4.69) is 0 Å². The van der Waals surface area contributed by atoms with E-state index >= 15 is 0 Å². The van der Waals surface area contributed by atoms with Crippen molar-refractivity contribution in [3.8, 4) is 11.5 Å². The Morgan fingerprint density at radius 2 is 1.53 bits per heavy atom. The number of anilines is 1. The van der Waals surface area contributed by atoms with Crippen LogP contribution < -0.4 is 5.73 Å². The zero-order valence-electron chi connectivity index (χ0n) is 9.17. The average Bonchev–Trinajstić information content (AvgIpc) is 2.34. The van der Waals surface area contributed by atoms with E-state index in [9.17, 15) is 10.2 Å². The second kappa shape index (κ2) is 4.61. The quantitative estimate of drug-likeness (QED) is 0.420. The molecule has 0 radical (unpaired) electrons. The predicted molar refractivity (Wildman–Crippen MR) is 69.6 cm³/mol. The second-order valence-electron chi connectivity index (χ2n) is 3.72. The van der Waals surface area contributed by atoms with Crippen LogP contribution in [0.15, 0.2) is 42.5 Å². The van der Waals surface area contributed by atoms with Gasteiger partial charge in [-0.1, -0.05) is 42.5 Å². The zero-order chi connectivity index (χ0) is 12.3. The van der Waals surface area contributed by atoms with Crippen LogP contribution in [-0.2, 0) is 0 Å². The van der Waals surface area contributed by atoms with Crippen LogP contribution in [0.2, 0.25) is 0 Å². The molecule has 2 rings (SSSR count). The maximum Gasteiger partial charge on any atom is 0.181 e. The van der Waals surface area contributed by atoms with Gasteiger partial charge in [-0.25, -0.2) is 0 Å². The van der Waals surface area contributed by atoms with E-state index in [4.69, 9.17) is 5.73 Å². The fourth-order valence-electron chi connectivity index (χ4n) is 1.52. The first-order valence-electron chi connectivity index (χ1n) is 5.21. The molecule has 3 nitrogen and oxygen atoms in total. The molecule has 0 aliphatic carbocycles. The van der Waals surface area contributed by atoms with Crippen LogP contribution >= 0.6 is 0 Å². The Hall–Kier alpha value is -2.42. The fraction of sp³-hybridized carbons (Fsp3) is 0. The van der Waals surface area contributed by atoms with Crippen molar-refractivity contribution in [2.24, 2.45) is 0 Å². The molecule has 0 atom stereocenters. The number of nitrogen functional groups attached to an aromatic ring is 1. The van der Waals surface area contributed by atoms with E-state index in [1.165, 1.54) is 6.07 Å². The number of benzene rings is 2. The van der Waals surface area contributed by atoms with Gasteiger partial charge in [0.25, 0.3) is 0 Å². The van der Waals surface area contributed by atoms with Gasteiger partial charge in [-0.05, 0) is 23.3 Å². The molecule has 2 aromatic carbocycles. The summed E-state index contributed by atoms with van der Waals surface area (Å²) in [6.07, 6.45) is 3.73. The van der Waals surface area contributed by atoms with Crippen LogP contribution in [-0.4, -0.2) is 10.2 Å². The number of hydrogen-bond acceptors (Lipinski definition) is 3. The normalized spacial score (nSPS) is 10.8. The highest BCUT2D eigenvalue weighted by atomic mass is 16.3. The fourth-order valence-corrected chi connectivity index (χ4v) is 1.52. The third-order valence-corrected chi connectivity index (χ3v) is 2.41. The van der Waals surface area contributed by atoms with E-state index in [1.807, 2.05) is 42.5 Å². The van der Waals surface area contributed by atoms with E-state index in [1.54, 1.807) is 6.07 Å². The van der Waals surface area contributed by atoms with Gasteiger partial charge in [-0.3, -0.25) is 0 Å². The summed E-state index contributed by atoms with van der Waals surface area (Å²) in [5.74, 6) is -0.487. The lowest BCUT2D eigenvalue weighted by Crippen LogP contribution is -1.86. The van der Waals surface area contributed by atoms with Crippen LogP contribution in [0, 0.1) is 0 Å². The highest BCUT2D eigenvalue weighted by Crippen LogP contribution is 2.32. The van der Waals surface area contributed by atoms with Crippen molar-refractivity contribution in [1.29, 1.82) is 0 Å². The number of hydrogen-bond donors (Lipinski definition) is 3. The Kier molecular flexibility index (Phi) is 3.01. The molecule has 0 heterocycles. The summed E-state index contributed by atoms with van der Waals surface area (Å²) in [6.45, 7) is 0. The molecule has 2 aromatic rings. The first-order chi connectivity index (χ1) is 8.16. The summed E-state index contributed by atoms with van der Waals surface area (Å²) in [5, 5.41) is 18.7. The molecule has 0 fully saturated rings. The van der Waals surface area contributed by atoms with E-state index < -0.39 is 0 Å². The molecule has 0 amide bonds. The standard InChI is InChI=1S/C14H13NO2/c15-12-8-11(9-13(16)14(12)17)7-6-10-4-2-1-3-5-10/h1-9,16-17H,15H2/b7-6+. The number of phenolic OH excluding ortho intramolecular Hbond substituents is 2. The number of aromatic hydroxyl groups is 2. The minimum Gasteiger partial charge on any atom is -0.504 e. The third-order valence-electron chi connectivity index (χ3n) is 2.41. The minimum atomic E-state index is -0.276. The SMILES string of the molecule is Nc1cc(/C=C/c2ccccc2)cc(O)c1O. The molecule has 0 saturated carbocycles. The van der Waals surface area contributed by atoms with Crippen LogP contribution in [0.3, 0.4) is 0 Å². The highest BCUT2D eigenvalue weighted by molar-refractivity contribution is 5.74. The van der Waals surface area contributed by atoms with Crippen LogP contribution in [0.1, 0.15) is 11.1 Å². The second-order valence-corrected chi connectivity index (χ2v) is 3.72. The Morgan fingerprint density at radius 1 is 0.882 bits per heavy atom. The summed E-state index contributed by atoms with van der Waals surface area (Å²) in [6, 6.07) is 12.9. The van der Waals surface area contributed by atoms with Gasteiger partial charge in [-0.2, -0.15) is 0 Å². The monoisotopic (exact) mass is 227 g/mol. The molecule has 0 aliphatic rings. The van der Waals surface area contributed by atoms with Crippen molar-refractivity contribution in [3.63, 3.8) is 0 Å². The van der Waals surface area contributed by atoms with Crippen LogP contribution in [0.25, 0.3) is 12.2 Å². The molecule has 3 heteroatoms. The summed E-state index contributed by atoms with van der Waals surface area (Å²) in [4.78, 5) is 0. The average molecular weight is 227 g/mol. The van der Waals surface area contributed by atoms with Crippen LogP contribution in [0.5, 0.6) is 11.5 Å². The van der Waals surface area contributed by atoms with Crippen LogP contribution in [0.4, 0.5) is 5.69 Å². The van der Waals surface area contributed by atoms with E-state index in [0.29, 0.717) is 0 Å². The lowest BCUT2D eigenvalue weighted by molar-refractivity contribution is 0.405. The minimum absolute atomic E-state index is 0.165. The van der Waals surface area contributed by atoms with Crippen molar-refractivity contribution in [3.05, 3.63) is 53.6 Å². The van der Waals surface area contributed by atoms with E-state index in [0.717, 1.165) is 11.1 Å². The van der Waals surface area contributed by atoms with Gasteiger partial charge < -0.3 is 15.9 Å². The van der Waals surface area contributed by atoms with Gasteiger partial charge in [-0.15, -0.1) is 0 Å². The third kappa shape index (κ3) is 2.58. The summed E-state index contributed by atoms with van der Waals surface area (Å²) < 4.78 is 0. The lowest BCUT2D eigenvalue weighted by Gasteiger charge is -2.03. The zero-order valence-corrected chi connectivity index (χ0v) is 9.17. The first-order valence-corrected chi connectivity index (χ1v) is 5.21. The summed E-state index contributed by atoms with van der Waals surface area (Å²) in [7, 11) is 0. The van der Waals surface area contributed by atoms with Crippen molar-refractivity contribution in [1.82, 2.24) is 0 Å². The van der Waals surface area contributed by atoms with Gasteiger partial charge in [0.1, 0.15) is 0 Å². The molecule has 86 valence electrons. The Labute approximate surface area is 99.5 Å². The molecule has 0 bridgehead atoms. The number of rotatable bonds is 2. The Morgan fingerprint density at radius 3 is 2.18 bits per heavy atom. The largest absolute Gasteiger partial charge is 0.504 e. The molecule has 0 spiro atoms. The Bertz CT molecular complexity index is 524. The molecule has 4 N–H and O–H groups in total. The molecule has 0 saturated heterocycles. The smallest absolute Gasteiger partial charge is 0.181 e. The van der Waals surface area contributed by atoms with Gasteiger partial charge in [0, 0.05) is 0 Å². The van der Waals surface area contributed by atoms with E-state index in [-0.39, 0.29) is 17.2 Å². The maximum atomic E-state index is 9.41. The summed E-state index contributed by atoms with van der Waals surface area (Å²) in [5.41, 5.74) is 7.50. The maximum absolute atomic E-state index is 9.41. The predicted octanol–water partition coefficient (Wildman–Crippen LogP) is 2.85. The molecular weight excluding hydrogens is 214 g/mol. The topological polar surface area (TPSA) is 66.5 Å². The molecule has 0 aromatic heterocycles. The lowest BCUT2D eigenvalue weighted by atomic mass is 10.1. The number of nitrogens with two attached hydrogens (primary N) is 1. The Balaban J connectivity index is 2.28. The first kappa shape index (κ1) is 11.1.